The van der Waals surface area contributed by atoms with E-state index in [-0.39, 0.29) is 6.10 Å². The van der Waals surface area contributed by atoms with Gasteiger partial charge in [-0.1, -0.05) is 0 Å². The molecule has 0 aromatic carbocycles. The van der Waals surface area contributed by atoms with Crippen molar-refractivity contribution in [2.45, 2.75) is 11.8 Å². The van der Waals surface area contributed by atoms with Gasteiger partial charge in [0.05, 0.1) is 22.8 Å². The first-order valence-electron chi connectivity index (χ1n) is 8.47. The summed E-state index contributed by atoms with van der Waals surface area (Å²) >= 11 is 1.06. The summed E-state index contributed by atoms with van der Waals surface area (Å²) in [7, 11) is 0. The molecule has 6 nitrogen and oxygen atoms in total. The van der Waals surface area contributed by atoms with Crippen molar-refractivity contribution in [1.82, 2.24) is 9.97 Å². The number of allylic oxidation sites excluding steroid dienone is 3. The number of aromatic amines is 2. The number of epoxide rings is 1. The molecule has 1 saturated heterocycles. The minimum atomic E-state index is -0.543. The van der Waals surface area contributed by atoms with Gasteiger partial charge in [0.15, 0.2) is 6.10 Å². The van der Waals surface area contributed by atoms with E-state index in [0.717, 1.165) is 56.6 Å². The van der Waals surface area contributed by atoms with Gasteiger partial charge in [-0.3, -0.25) is 0 Å². The first-order valence-corrected chi connectivity index (χ1v) is 9.04. The molecule has 8 bridgehead atoms. The van der Waals surface area contributed by atoms with Crippen LogP contribution in [0, 0.1) is 0 Å². The van der Waals surface area contributed by atoms with Crippen molar-refractivity contribution in [3.8, 4) is 0 Å². The number of nitrogens with zero attached hydrogens (tertiary/aromatic N) is 2. The number of aliphatic imine (C=N–C) groups is 2. The first-order chi connectivity index (χ1) is 13.3. The van der Waals surface area contributed by atoms with Gasteiger partial charge in [0, 0.05) is 16.4 Å². The summed E-state index contributed by atoms with van der Waals surface area (Å²) in [5, 5.41) is 2.03. The van der Waals surface area contributed by atoms with E-state index in [2.05, 4.69) is 21.0 Å². The molecule has 27 heavy (non-hydrogen) atoms. The Hall–Kier alpha value is -2.80. The second-order valence-corrected chi connectivity index (χ2v) is 6.59. The molecule has 0 saturated carbocycles. The zero-order valence-electron chi connectivity index (χ0n) is 14.1. The van der Waals surface area contributed by atoms with E-state index in [1.165, 1.54) is 0 Å². The summed E-state index contributed by atoms with van der Waals surface area (Å²) in [6, 6.07) is 8.20. The van der Waals surface area contributed by atoms with Crippen molar-refractivity contribution in [1.29, 1.82) is 0 Å². The maximum absolute atomic E-state index is 8.19. The van der Waals surface area contributed by atoms with Gasteiger partial charge >= 0.3 is 21.0 Å². The van der Waals surface area contributed by atoms with Crippen LogP contribution in [0.2, 0.25) is 0 Å². The summed E-state index contributed by atoms with van der Waals surface area (Å²) in [5.41, 5.74) is 4.28. The van der Waals surface area contributed by atoms with Crippen molar-refractivity contribution in [3.05, 3.63) is 76.4 Å². The van der Waals surface area contributed by atoms with Crippen LogP contribution in [0.3, 0.4) is 0 Å². The fraction of sp³-hybridized carbons (Fsp3) is 0.100. The number of hydrogen-bond acceptors (Lipinski definition) is 4. The second kappa shape index (κ2) is 6.13. The van der Waals surface area contributed by atoms with Crippen LogP contribution in [-0.2, 0) is 25.8 Å². The Morgan fingerprint density at radius 2 is 1.74 bits per heavy atom. The van der Waals surface area contributed by atoms with Crippen LogP contribution in [0.5, 0.6) is 0 Å². The Morgan fingerprint density at radius 1 is 0.926 bits per heavy atom. The van der Waals surface area contributed by atoms with Gasteiger partial charge in [-0.15, -0.1) is 0 Å². The number of H-pyrrole nitrogens is 2. The van der Waals surface area contributed by atoms with Gasteiger partial charge in [0.1, 0.15) is 0 Å². The molecule has 7 heteroatoms. The predicted octanol–water partition coefficient (Wildman–Crippen LogP) is 1.63. The van der Waals surface area contributed by atoms with Gasteiger partial charge in [-0.05, 0) is 66.8 Å². The minimum absolute atomic E-state index is 0.0552. The zero-order valence-corrected chi connectivity index (χ0v) is 15.5. The van der Waals surface area contributed by atoms with Crippen molar-refractivity contribution in [2.75, 3.05) is 0 Å². The molecule has 6 heterocycles. The molecule has 2 aromatic heterocycles. The molecule has 2 aromatic rings. The summed E-state index contributed by atoms with van der Waals surface area (Å²) < 4.78 is 14.1. The Balaban J connectivity index is 0.000000777. The van der Waals surface area contributed by atoms with Gasteiger partial charge in [-0.25, -0.2) is 9.98 Å². The van der Waals surface area contributed by atoms with Crippen LogP contribution in [-0.4, -0.2) is 27.1 Å². The van der Waals surface area contributed by atoms with E-state index in [9.17, 15) is 0 Å². The Labute approximate surface area is 163 Å². The molecule has 6 rings (SSSR count). The van der Waals surface area contributed by atoms with E-state index in [1.807, 2.05) is 60.7 Å². The zero-order chi connectivity index (χ0) is 18.4. The van der Waals surface area contributed by atoms with Crippen LogP contribution < -0.4 is 10.7 Å². The first kappa shape index (κ1) is 16.4. The quantitative estimate of drug-likeness (QED) is 0.667. The van der Waals surface area contributed by atoms with Crippen molar-refractivity contribution in [3.63, 3.8) is 0 Å². The van der Waals surface area contributed by atoms with E-state index in [1.54, 1.807) is 0 Å². The topological polar surface area (TPSA) is 85.9 Å². The second-order valence-electron chi connectivity index (χ2n) is 6.59. The molecule has 0 amide bonds. The fourth-order valence-corrected chi connectivity index (χ4v) is 3.51. The fourth-order valence-electron chi connectivity index (χ4n) is 3.51. The standard InChI is InChI=1S/C20H14N4O.O.V/c1-2-14-10-16-5-6-18(23-16)19-20(25-19)8-7-17(24-20)11-15-4-3-13(22-15)9-12(1)21-14;;/h1-11,19,22-23H;;. The SMILES string of the molecule is C1=CC2=NC1=Cc1ccc([nH]1)C1OC13C=CC(=N3)C=c1ccc([nH]1)=C2.[O]=[V]. The third kappa shape index (κ3) is 2.88. The average molecular weight is 393 g/mol. The van der Waals surface area contributed by atoms with Gasteiger partial charge in [0.2, 0.25) is 5.72 Å². The molecule has 2 atom stereocenters. The van der Waals surface area contributed by atoms with Crippen molar-refractivity contribution >= 4 is 29.7 Å². The Kier molecular flexibility index (Phi) is 3.72. The van der Waals surface area contributed by atoms with Gasteiger partial charge < -0.3 is 14.7 Å². The molecule has 1 fully saturated rings. The molecule has 1 spiro atoms. The number of rotatable bonds is 0. The number of ether oxygens (including phenoxy) is 1. The molecule has 2 N–H and O–H groups in total. The van der Waals surface area contributed by atoms with Crippen LogP contribution in [0.1, 0.15) is 17.5 Å². The number of hydrogen-bond donors (Lipinski definition) is 2. The maximum atomic E-state index is 8.19. The normalized spacial score (nSPS) is 25.9. The monoisotopic (exact) mass is 393 g/mol. The summed E-state index contributed by atoms with van der Waals surface area (Å²) in [6.45, 7) is 0. The van der Waals surface area contributed by atoms with Crippen molar-refractivity contribution in [2.24, 2.45) is 9.98 Å². The van der Waals surface area contributed by atoms with Crippen LogP contribution in [0.25, 0.3) is 18.2 Å². The third-order valence-corrected chi connectivity index (χ3v) is 4.76. The summed E-state index contributed by atoms with van der Waals surface area (Å²) in [4.78, 5) is 16.2. The molecule has 131 valence electrons. The Morgan fingerprint density at radius 3 is 2.59 bits per heavy atom. The molecule has 4 aliphatic rings. The van der Waals surface area contributed by atoms with Crippen LogP contribution >= 0.6 is 0 Å². The number of fused-ring (bicyclic) bond motifs is 6. The van der Waals surface area contributed by atoms with Gasteiger partial charge in [0.25, 0.3) is 0 Å². The number of nitrogens with one attached hydrogen (secondary N) is 2. The Bertz CT molecular complexity index is 1210. The molecule has 0 aliphatic carbocycles. The van der Waals surface area contributed by atoms with E-state index in [0.29, 0.717) is 0 Å². The van der Waals surface area contributed by atoms with Crippen LogP contribution in [0.4, 0.5) is 0 Å². The van der Waals surface area contributed by atoms with Crippen LogP contribution in [0.15, 0.2) is 64.3 Å². The van der Waals surface area contributed by atoms with E-state index < -0.39 is 5.72 Å². The third-order valence-electron chi connectivity index (χ3n) is 4.76. The number of aromatic nitrogens is 2. The predicted molar refractivity (Wildman–Crippen MR) is 98.1 cm³/mol. The molecule has 2 unspecified atom stereocenters. The van der Waals surface area contributed by atoms with Crippen molar-refractivity contribution < 1.29 is 25.8 Å². The average Bonchev–Trinajstić information content (AvgIpc) is 3.21. The molecular formula is C20H14N4O2V. The van der Waals surface area contributed by atoms with Gasteiger partial charge in [-0.2, -0.15) is 0 Å². The molecule has 0 radical (unpaired) electrons. The summed E-state index contributed by atoms with van der Waals surface area (Å²) in [6.07, 6.45) is 14.1. The summed E-state index contributed by atoms with van der Waals surface area (Å²) in [5.74, 6) is 0. The van der Waals surface area contributed by atoms with E-state index >= 15 is 0 Å². The molecule has 4 aliphatic heterocycles. The van der Waals surface area contributed by atoms with E-state index in [4.69, 9.17) is 13.4 Å². The molecular weight excluding hydrogens is 379 g/mol.